The zero-order chi connectivity index (χ0) is 12.5. The summed E-state index contributed by atoms with van der Waals surface area (Å²) in [5.41, 5.74) is 4.71. The number of ether oxygens (including phenoxy) is 1. The van der Waals surface area contributed by atoms with Gasteiger partial charge in [-0.2, -0.15) is 5.10 Å². The van der Waals surface area contributed by atoms with Gasteiger partial charge in [0.05, 0.1) is 18.9 Å². The fourth-order valence-corrected chi connectivity index (χ4v) is 1.97. The molecule has 1 N–H and O–H groups in total. The Bertz CT molecular complexity index is 425. The second-order valence-electron chi connectivity index (χ2n) is 3.71. The van der Waals surface area contributed by atoms with E-state index in [1.165, 1.54) is 0 Å². The van der Waals surface area contributed by atoms with Crippen LogP contribution in [0.4, 0.5) is 0 Å². The lowest BCUT2D eigenvalue weighted by molar-refractivity contribution is 0.415. The molecule has 0 spiro atoms. The molecular weight excluding hydrogens is 282 g/mol. The summed E-state index contributed by atoms with van der Waals surface area (Å²) in [6.07, 6.45) is 0.586. The summed E-state index contributed by atoms with van der Waals surface area (Å²) in [6.45, 7) is 0. The summed E-state index contributed by atoms with van der Waals surface area (Å²) in [6, 6.07) is 7.32. The van der Waals surface area contributed by atoms with Gasteiger partial charge in [-0.25, -0.2) is 0 Å². The average molecular weight is 294 g/mol. The lowest BCUT2D eigenvalue weighted by Crippen LogP contribution is -2.33. The summed E-state index contributed by atoms with van der Waals surface area (Å²) < 4.78 is 3.74. The molecule has 1 aliphatic heterocycles. The molecule has 0 saturated carbocycles. The van der Waals surface area contributed by atoms with E-state index in [0.717, 1.165) is 17.0 Å². The van der Waals surface area contributed by atoms with E-state index in [0.29, 0.717) is 6.42 Å². The van der Waals surface area contributed by atoms with Crippen LogP contribution in [0.5, 0.6) is 5.75 Å². The summed E-state index contributed by atoms with van der Waals surface area (Å²) in [4.78, 5) is 0. The molecule has 0 fully saturated rings. The second-order valence-corrected chi connectivity index (χ2v) is 6.08. The molecule has 6 heteroatoms. The SMILES string of the molecule is COc1ccc(C2=NNC(C(Cl)(Cl)Cl)C2)cc1. The number of nitrogens with one attached hydrogen (secondary N) is 1. The average Bonchev–Trinajstić information content (AvgIpc) is 2.78. The van der Waals surface area contributed by atoms with Crippen molar-refractivity contribution in [2.45, 2.75) is 16.3 Å². The van der Waals surface area contributed by atoms with E-state index in [2.05, 4.69) is 10.5 Å². The summed E-state index contributed by atoms with van der Waals surface area (Å²) >= 11 is 17.4. The highest BCUT2D eigenvalue weighted by Gasteiger charge is 2.36. The number of rotatable bonds is 2. The van der Waals surface area contributed by atoms with E-state index in [9.17, 15) is 0 Å². The van der Waals surface area contributed by atoms with Crippen LogP contribution in [0.1, 0.15) is 12.0 Å². The van der Waals surface area contributed by atoms with Gasteiger partial charge in [0.1, 0.15) is 5.75 Å². The van der Waals surface area contributed by atoms with E-state index in [4.69, 9.17) is 39.5 Å². The van der Waals surface area contributed by atoms with Crippen LogP contribution >= 0.6 is 34.8 Å². The highest BCUT2D eigenvalue weighted by Crippen LogP contribution is 2.34. The van der Waals surface area contributed by atoms with Crippen molar-refractivity contribution in [3.8, 4) is 5.75 Å². The van der Waals surface area contributed by atoms with Crippen molar-refractivity contribution in [3.63, 3.8) is 0 Å². The van der Waals surface area contributed by atoms with E-state index >= 15 is 0 Å². The molecule has 2 rings (SSSR count). The largest absolute Gasteiger partial charge is 0.497 e. The predicted octanol–water partition coefficient (Wildman–Crippen LogP) is 3.13. The molecule has 1 heterocycles. The maximum Gasteiger partial charge on any atom is 0.212 e. The van der Waals surface area contributed by atoms with Crippen molar-refractivity contribution in [3.05, 3.63) is 29.8 Å². The van der Waals surface area contributed by atoms with Crippen LogP contribution in [0.15, 0.2) is 29.4 Å². The van der Waals surface area contributed by atoms with Gasteiger partial charge in [0.25, 0.3) is 0 Å². The van der Waals surface area contributed by atoms with Gasteiger partial charge < -0.3 is 10.2 Å². The molecule has 92 valence electrons. The van der Waals surface area contributed by atoms with Gasteiger partial charge in [0.15, 0.2) is 0 Å². The van der Waals surface area contributed by atoms with Crippen molar-refractivity contribution in [2.75, 3.05) is 7.11 Å². The summed E-state index contributed by atoms with van der Waals surface area (Å²) in [7, 11) is 1.63. The minimum atomic E-state index is -1.35. The number of nitrogens with zero attached hydrogens (tertiary/aromatic N) is 1. The van der Waals surface area contributed by atoms with Crippen molar-refractivity contribution in [1.29, 1.82) is 0 Å². The van der Waals surface area contributed by atoms with Gasteiger partial charge in [-0.3, -0.25) is 0 Å². The lowest BCUT2D eigenvalue weighted by atomic mass is 10.1. The summed E-state index contributed by atoms with van der Waals surface area (Å²) in [5, 5.41) is 4.18. The van der Waals surface area contributed by atoms with Crippen LogP contribution in [-0.4, -0.2) is 22.7 Å². The van der Waals surface area contributed by atoms with E-state index < -0.39 is 3.79 Å². The van der Waals surface area contributed by atoms with Crippen LogP contribution < -0.4 is 10.2 Å². The van der Waals surface area contributed by atoms with Crippen molar-refractivity contribution < 1.29 is 4.74 Å². The maximum absolute atomic E-state index is 5.81. The quantitative estimate of drug-likeness (QED) is 0.850. The Morgan fingerprint density at radius 1 is 1.29 bits per heavy atom. The Labute approximate surface area is 115 Å². The van der Waals surface area contributed by atoms with Crippen LogP contribution in [0, 0.1) is 0 Å². The molecule has 1 atom stereocenters. The number of alkyl halides is 3. The lowest BCUT2D eigenvalue weighted by Gasteiger charge is -2.18. The second kappa shape index (κ2) is 4.92. The number of hydrogen-bond acceptors (Lipinski definition) is 3. The first-order valence-corrected chi connectivity index (χ1v) is 6.17. The molecule has 0 saturated heterocycles. The third kappa shape index (κ3) is 2.97. The minimum Gasteiger partial charge on any atom is -0.497 e. The van der Waals surface area contributed by atoms with Crippen LogP contribution in [0.2, 0.25) is 0 Å². The molecule has 0 bridgehead atoms. The van der Waals surface area contributed by atoms with Gasteiger partial charge in [-0.05, 0) is 29.8 Å². The van der Waals surface area contributed by atoms with Gasteiger partial charge in [0, 0.05) is 6.42 Å². The van der Waals surface area contributed by atoms with E-state index in [1.807, 2.05) is 24.3 Å². The standard InChI is InChI=1S/C11H11Cl3N2O/c1-17-8-4-2-7(3-5-8)9-6-10(16-15-9)11(12,13)14/h2-5,10,16H,6H2,1H3. The molecule has 0 aromatic heterocycles. The van der Waals surface area contributed by atoms with Crippen LogP contribution in [-0.2, 0) is 0 Å². The Morgan fingerprint density at radius 2 is 1.94 bits per heavy atom. The zero-order valence-corrected chi connectivity index (χ0v) is 11.4. The molecule has 0 amide bonds. The molecule has 0 aliphatic carbocycles. The van der Waals surface area contributed by atoms with Gasteiger partial charge in [0.2, 0.25) is 3.79 Å². The number of benzene rings is 1. The number of hydrogen-bond donors (Lipinski definition) is 1. The molecule has 3 nitrogen and oxygen atoms in total. The maximum atomic E-state index is 5.81. The third-order valence-corrected chi connectivity index (χ3v) is 3.36. The third-order valence-electron chi connectivity index (χ3n) is 2.57. The topological polar surface area (TPSA) is 33.6 Å². The van der Waals surface area contributed by atoms with Crippen molar-refractivity contribution in [1.82, 2.24) is 5.43 Å². The number of halogens is 3. The minimum absolute atomic E-state index is 0.287. The fourth-order valence-electron chi connectivity index (χ4n) is 1.60. The highest BCUT2D eigenvalue weighted by atomic mass is 35.6. The number of methoxy groups -OCH3 is 1. The van der Waals surface area contributed by atoms with Crippen molar-refractivity contribution >= 4 is 40.5 Å². The Hall–Kier alpha value is -0.640. The molecule has 0 radical (unpaired) electrons. The monoisotopic (exact) mass is 292 g/mol. The Morgan fingerprint density at radius 3 is 2.41 bits per heavy atom. The zero-order valence-electron chi connectivity index (χ0n) is 9.08. The van der Waals surface area contributed by atoms with Crippen LogP contribution in [0.25, 0.3) is 0 Å². The predicted molar refractivity (Wildman–Crippen MR) is 71.4 cm³/mol. The van der Waals surface area contributed by atoms with Crippen LogP contribution in [0.3, 0.4) is 0 Å². The fraction of sp³-hybridized carbons (Fsp3) is 0.364. The Balaban J connectivity index is 2.09. The molecular formula is C11H11Cl3N2O. The smallest absolute Gasteiger partial charge is 0.212 e. The first-order chi connectivity index (χ1) is 8.00. The van der Waals surface area contributed by atoms with Gasteiger partial charge in [-0.1, -0.05) is 34.8 Å². The highest BCUT2D eigenvalue weighted by molar-refractivity contribution is 6.68. The first kappa shape index (κ1) is 12.8. The van der Waals surface area contributed by atoms with Gasteiger partial charge >= 0.3 is 0 Å². The van der Waals surface area contributed by atoms with E-state index in [-0.39, 0.29) is 6.04 Å². The normalized spacial score (nSPS) is 19.8. The van der Waals surface area contributed by atoms with Crippen molar-refractivity contribution in [2.24, 2.45) is 5.10 Å². The number of hydrazone groups is 1. The molecule has 1 aliphatic rings. The first-order valence-electron chi connectivity index (χ1n) is 5.04. The Kier molecular flexibility index (Phi) is 3.71. The van der Waals surface area contributed by atoms with Gasteiger partial charge in [-0.15, -0.1) is 0 Å². The summed E-state index contributed by atoms with van der Waals surface area (Å²) in [5.74, 6) is 0.804. The van der Waals surface area contributed by atoms with E-state index in [1.54, 1.807) is 7.11 Å². The molecule has 17 heavy (non-hydrogen) atoms. The molecule has 1 unspecified atom stereocenters. The molecule has 1 aromatic rings. The molecule has 1 aromatic carbocycles.